The third-order valence-corrected chi connectivity index (χ3v) is 4.94. The van der Waals surface area contributed by atoms with Gasteiger partial charge in [-0.05, 0) is 12.8 Å². The monoisotopic (exact) mass is 299 g/mol. The lowest BCUT2D eigenvalue weighted by atomic mass is 9.79. The SMILES string of the molecule is COC[C@H](O)CN1CCN(C2(C(N)=O)CCCCC2)CC1. The summed E-state index contributed by atoms with van der Waals surface area (Å²) >= 11 is 0. The second-order valence-corrected chi connectivity index (χ2v) is 6.35. The van der Waals surface area contributed by atoms with Crippen molar-refractivity contribution in [3.63, 3.8) is 0 Å². The number of carbonyl (C=O) groups excluding carboxylic acids is 1. The lowest BCUT2D eigenvalue weighted by molar-refractivity contribution is -0.134. The van der Waals surface area contributed by atoms with E-state index >= 15 is 0 Å². The van der Waals surface area contributed by atoms with E-state index in [1.807, 2.05) is 0 Å². The Hall–Kier alpha value is -0.690. The van der Waals surface area contributed by atoms with Crippen LogP contribution in [-0.2, 0) is 9.53 Å². The van der Waals surface area contributed by atoms with Crippen molar-refractivity contribution in [1.29, 1.82) is 0 Å². The van der Waals surface area contributed by atoms with Gasteiger partial charge in [0.25, 0.3) is 0 Å². The molecule has 0 aromatic rings. The number of piperazine rings is 1. The Kier molecular flexibility index (Phi) is 5.98. The largest absolute Gasteiger partial charge is 0.389 e. The van der Waals surface area contributed by atoms with Gasteiger partial charge in [0.2, 0.25) is 5.91 Å². The summed E-state index contributed by atoms with van der Waals surface area (Å²) in [6.45, 7) is 4.44. The quantitative estimate of drug-likeness (QED) is 0.710. The number of ether oxygens (including phenoxy) is 1. The summed E-state index contributed by atoms with van der Waals surface area (Å²) in [5.74, 6) is -0.157. The molecule has 1 saturated heterocycles. The molecule has 1 aliphatic carbocycles. The second-order valence-electron chi connectivity index (χ2n) is 6.35. The number of aliphatic hydroxyl groups is 1. The highest BCUT2D eigenvalue weighted by Crippen LogP contribution is 2.34. The van der Waals surface area contributed by atoms with Crippen LogP contribution in [0.4, 0.5) is 0 Å². The van der Waals surface area contributed by atoms with Crippen molar-refractivity contribution in [3.05, 3.63) is 0 Å². The molecule has 0 aromatic heterocycles. The Labute approximate surface area is 127 Å². The van der Waals surface area contributed by atoms with E-state index in [0.29, 0.717) is 13.2 Å². The molecule has 0 spiro atoms. The maximum Gasteiger partial charge on any atom is 0.237 e. The Morgan fingerprint density at radius 2 is 1.86 bits per heavy atom. The Morgan fingerprint density at radius 1 is 1.24 bits per heavy atom. The molecule has 6 nitrogen and oxygen atoms in total. The summed E-state index contributed by atoms with van der Waals surface area (Å²) in [5, 5.41) is 9.80. The molecule has 1 saturated carbocycles. The first kappa shape index (κ1) is 16.7. The fraction of sp³-hybridized carbons (Fsp3) is 0.933. The predicted molar refractivity (Wildman–Crippen MR) is 80.9 cm³/mol. The smallest absolute Gasteiger partial charge is 0.237 e. The minimum absolute atomic E-state index is 0.157. The molecular formula is C15H29N3O3. The molecule has 21 heavy (non-hydrogen) atoms. The van der Waals surface area contributed by atoms with Gasteiger partial charge in [-0.25, -0.2) is 0 Å². The maximum absolute atomic E-state index is 12.0. The van der Waals surface area contributed by atoms with Gasteiger partial charge in [0.1, 0.15) is 5.54 Å². The zero-order valence-corrected chi connectivity index (χ0v) is 13.1. The van der Waals surface area contributed by atoms with Gasteiger partial charge in [-0.2, -0.15) is 0 Å². The van der Waals surface area contributed by atoms with Gasteiger partial charge in [0, 0.05) is 39.8 Å². The minimum atomic E-state index is -0.443. The van der Waals surface area contributed by atoms with Gasteiger partial charge in [-0.15, -0.1) is 0 Å². The molecule has 1 atom stereocenters. The molecular weight excluding hydrogens is 270 g/mol. The number of β-amino-alcohol motifs (C(OH)–C–C–N with tert-alkyl or cyclic N) is 1. The van der Waals surface area contributed by atoms with E-state index < -0.39 is 11.6 Å². The van der Waals surface area contributed by atoms with Crippen molar-refractivity contribution in [1.82, 2.24) is 9.80 Å². The molecule has 1 aliphatic heterocycles. The number of hydrogen-bond acceptors (Lipinski definition) is 5. The average molecular weight is 299 g/mol. The molecule has 3 N–H and O–H groups in total. The van der Waals surface area contributed by atoms with Crippen molar-refractivity contribution in [2.75, 3.05) is 46.4 Å². The van der Waals surface area contributed by atoms with Gasteiger partial charge < -0.3 is 15.6 Å². The lowest BCUT2D eigenvalue weighted by Gasteiger charge is -2.48. The second kappa shape index (κ2) is 7.54. The van der Waals surface area contributed by atoms with Crippen LogP contribution in [0.25, 0.3) is 0 Å². The van der Waals surface area contributed by atoms with E-state index in [-0.39, 0.29) is 5.91 Å². The highest BCUT2D eigenvalue weighted by atomic mass is 16.5. The topological polar surface area (TPSA) is 79.0 Å². The number of nitrogens with zero attached hydrogens (tertiary/aromatic N) is 2. The zero-order chi connectivity index (χ0) is 15.3. The van der Waals surface area contributed by atoms with Crippen LogP contribution in [0.3, 0.4) is 0 Å². The number of nitrogens with two attached hydrogens (primary N) is 1. The van der Waals surface area contributed by atoms with Crippen LogP contribution in [0.2, 0.25) is 0 Å². The first-order valence-electron chi connectivity index (χ1n) is 8.03. The molecule has 6 heteroatoms. The Balaban J connectivity index is 1.88. The summed E-state index contributed by atoms with van der Waals surface area (Å²) in [5.41, 5.74) is 5.32. The highest BCUT2D eigenvalue weighted by molar-refractivity contribution is 5.84. The van der Waals surface area contributed by atoms with Crippen LogP contribution in [-0.4, -0.2) is 78.9 Å². The van der Waals surface area contributed by atoms with Crippen LogP contribution in [0.1, 0.15) is 32.1 Å². The van der Waals surface area contributed by atoms with Gasteiger partial charge in [-0.1, -0.05) is 19.3 Å². The molecule has 0 unspecified atom stereocenters. The molecule has 0 radical (unpaired) electrons. The van der Waals surface area contributed by atoms with Crippen LogP contribution < -0.4 is 5.73 Å². The lowest BCUT2D eigenvalue weighted by Crippen LogP contribution is -2.63. The number of primary amides is 1. The van der Waals surface area contributed by atoms with Crippen molar-refractivity contribution in [2.24, 2.45) is 5.73 Å². The summed E-state index contributed by atoms with van der Waals surface area (Å²) in [6, 6.07) is 0. The zero-order valence-electron chi connectivity index (χ0n) is 13.1. The van der Waals surface area contributed by atoms with E-state index in [9.17, 15) is 9.90 Å². The normalized spacial score (nSPS) is 25.6. The van der Waals surface area contributed by atoms with Crippen molar-refractivity contribution in [3.8, 4) is 0 Å². The fourth-order valence-corrected chi connectivity index (χ4v) is 3.76. The van der Waals surface area contributed by atoms with Crippen LogP contribution in [0.15, 0.2) is 0 Å². The summed E-state index contributed by atoms with van der Waals surface area (Å²) in [7, 11) is 1.60. The van der Waals surface area contributed by atoms with E-state index in [1.165, 1.54) is 6.42 Å². The molecule has 122 valence electrons. The van der Waals surface area contributed by atoms with Crippen LogP contribution >= 0.6 is 0 Å². The molecule has 1 heterocycles. The highest BCUT2D eigenvalue weighted by Gasteiger charge is 2.44. The standard InChI is InChI=1S/C15H29N3O3/c1-21-12-13(19)11-17-7-9-18(10-8-17)15(14(16)20)5-3-2-4-6-15/h13,19H,2-12H2,1H3,(H2,16,20)/t13-/m1/s1. The Morgan fingerprint density at radius 3 is 2.38 bits per heavy atom. The molecule has 2 aliphatic rings. The molecule has 0 bridgehead atoms. The van der Waals surface area contributed by atoms with E-state index in [1.54, 1.807) is 7.11 Å². The summed E-state index contributed by atoms with van der Waals surface area (Å²) in [6.07, 6.45) is 4.74. The van der Waals surface area contributed by atoms with Crippen molar-refractivity contribution >= 4 is 5.91 Å². The molecule has 0 aromatic carbocycles. The van der Waals surface area contributed by atoms with Crippen LogP contribution in [0, 0.1) is 0 Å². The van der Waals surface area contributed by atoms with E-state index in [0.717, 1.165) is 51.9 Å². The van der Waals surface area contributed by atoms with Gasteiger partial charge in [0.15, 0.2) is 0 Å². The molecule has 2 fully saturated rings. The summed E-state index contributed by atoms with van der Waals surface area (Å²) in [4.78, 5) is 16.5. The molecule has 1 amide bonds. The van der Waals surface area contributed by atoms with Crippen molar-refractivity contribution in [2.45, 2.75) is 43.7 Å². The minimum Gasteiger partial charge on any atom is -0.389 e. The van der Waals surface area contributed by atoms with E-state index in [2.05, 4.69) is 9.80 Å². The number of rotatable bonds is 6. The third kappa shape index (κ3) is 3.94. The van der Waals surface area contributed by atoms with Crippen LogP contribution in [0.5, 0.6) is 0 Å². The maximum atomic E-state index is 12.0. The Bertz CT molecular complexity index is 337. The number of methoxy groups -OCH3 is 1. The predicted octanol–water partition coefficient (Wildman–Crippen LogP) is -0.200. The van der Waals surface area contributed by atoms with Gasteiger partial charge in [0.05, 0.1) is 12.7 Å². The van der Waals surface area contributed by atoms with Crippen molar-refractivity contribution < 1.29 is 14.6 Å². The number of amides is 1. The first-order valence-corrected chi connectivity index (χ1v) is 8.03. The average Bonchev–Trinajstić information content (AvgIpc) is 2.48. The fourth-order valence-electron chi connectivity index (χ4n) is 3.76. The summed E-state index contributed by atoms with van der Waals surface area (Å²) < 4.78 is 4.96. The van der Waals surface area contributed by atoms with Gasteiger partial charge >= 0.3 is 0 Å². The molecule has 2 rings (SSSR count). The number of aliphatic hydroxyl groups excluding tert-OH is 1. The first-order chi connectivity index (χ1) is 10.1. The van der Waals surface area contributed by atoms with Gasteiger partial charge in [-0.3, -0.25) is 14.6 Å². The third-order valence-electron chi connectivity index (χ3n) is 4.94. The number of hydrogen-bond donors (Lipinski definition) is 2. The number of carbonyl (C=O) groups is 1. The van der Waals surface area contributed by atoms with E-state index in [4.69, 9.17) is 10.5 Å².